The summed E-state index contributed by atoms with van der Waals surface area (Å²) in [5.74, 6) is 1.47. The second-order valence-corrected chi connectivity index (χ2v) is 10.1. The number of hydrogen-bond donors (Lipinski definition) is 3. The largest absolute Gasteiger partial charge is 0.459 e. The third-order valence-corrected chi connectivity index (χ3v) is 7.40. The Morgan fingerprint density at radius 3 is 2.65 bits per heavy atom. The molecular formula is C28H33N3O3. The number of aliphatic hydroxyl groups excluding tert-OH is 1. The number of anilines is 1. The maximum atomic E-state index is 12.6. The Morgan fingerprint density at radius 1 is 1.15 bits per heavy atom. The van der Waals surface area contributed by atoms with Crippen LogP contribution in [0.5, 0.6) is 0 Å². The molecule has 1 aliphatic carbocycles. The van der Waals surface area contributed by atoms with E-state index in [1.165, 1.54) is 0 Å². The van der Waals surface area contributed by atoms with E-state index < -0.39 is 5.41 Å². The molecule has 2 unspecified atom stereocenters. The van der Waals surface area contributed by atoms with Crippen molar-refractivity contribution in [3.8, 4) is 0 Å². The molecule has 4 N–H and O–H groups in total. The van der Waals surface area contributed by atoms with E-state index in [1.54, 1.807) is 0 Å². The van der Waals surface area contributed by atoms with Crippen molar-refractivity contribution in [3.05, 3.63) is 65.9 Å². The lowest BCUT2D eigenvalue weighted by Crippen LogP contribution is -2.36. The lowest BCUT2D eigenvalue weighted by molar-refractivity contribution is -0.122. The molecule has 1 saturated carbocycles. The molecule has 1 fully saturated rings. The highest BCUT2D eigenvalue weighted by Gasteiger charge is 2.36. The van der Waals surface area contributed by atoms with Gasteiger partial charge in [0.1, 0.15) is 17.2 Å². The number of aliphatic hydroxyl groups is 1. The van der Waals surface area contributed by atoms with Crippen LogP contribution in [-0.4, -0.2) is 21.7 Å². The van der Waals surface area contributed by atoms with Crippen LogP contribution >= 0.6 is 0 Å². The van der Waals surface area contributed by atoms with Crippen molar-refractivity contribution in [2.75, 3.05) is 5.32 Å². The zero-order valence-corrected chi connectivity index (χ0v) is 19.9. The summed E-state index contributed by atoms with van der Waals surface area (Å²) >= 11 is 0. The zero-order chi connectivity index (χ0) is 23.9. The number of nitrogens with two attached hydrogens (primary N) is 1. The average Bonchev–Trinajstić information content (AvgIpc) is 3.38. The van der Waals surface area contributed by atoms with Gasteiger partial charge in [-0.2, -0.15) is 0 Å². The average molecular weight is 460 g/mol. The Hall–Kier alpha value is -3.25. The van der Waals surface area contributed by atoms with E-state index in [0.717, 1.165) is 64.7 Å². The summed E-state index contributed by atoms with van der Waals surface area (Å²) in [6.45, 7) is 4.91. The fourth-order valence-electron chi connectivity index (χ4n) is 5.36. The summed E-state index contributed by atoms with van der Waals surface area (Å²) in [7, 11) is 0. The lowest BCUT2D eigenvalue weighted by atomic mass is 9.83. The van der Waals surface area contributed by atoms with Crippen LogP contribution in [0, 0.1) is 5.92 Å². The Labute approximate surface area is 199 Å². The van der Waals surface area contributed by atoms with E-state index in [9.17, 15) is 9.90 Å². The Kier molecular flexibility index (Phi) is 5.86. The molecule has 6 heteroatoms. The van der Waals surface area contributed by atoms with E-state index >= 15 is 0 Å². The minimum atomic E-state index is -0.883. The van der Waals surface area contributed by atoms with Gasteiger partial charge >= 0.3 is 0 Å². The number of nitrogens with zero attached hydrogens (tertiary/aromatic N) is 1. The predicted octanol–water partition coefficient (Wildman–Crippen LogP) is 5.31. The zero-order valence-electron chi connectivity index (χ0n) is 19.9. The predicted molar refractivity (Wildman–Crippen MR) is 136 cm³/mol. The number of para-hydroxylation sites is 2. The standard InChI is InChI=1S/C28H33N3O3/c1-28(2,27(29)33)25-21-11-5-6-12-22(21)31(17-19-10-3-7-13-23(19)32)26(25)30-16-20-15-18-9-4-8-14-24(18)34-20/h4-6,8-9,11-12,14-15,19,23,30,32H,3,7,10,13,16-17H2,1-2H3,(H2,29,33). The van der Waals surface area contributed by atoms with Gasteiger partial charge in [0.05, 0.1) is 18.1 Å². The summed E-state index contributed by atoms with van der Waals surface area (Å²) in [6.07, 6.45) is 3.71. The normalized spacial score (nSPS) is 19.0. The van der Waals surface area contributed by atoms with E-state index in [4.69, 9.17) is 10.2 Å². The smallest absolute Gasteiger partial charge is 0.227 e. The Bertz CT molecular complexity index is 1300. The monoisotopic (exact) mass is 459 g/mol. The third-order valence-electron chi connectivity index (χ3n) is 7.40. The first-order valence-electron chi connectivity index (χ1n) is 12.2. The van der Waals surface area contributed by atoms with Crippen molar-refractivity contribution in [1.29, 1.82) is 0 Å². The molecule has 0 bridgehead atoms. The molecule has 2 aromatic carbocycles. The van der Waals surface area contributed by atoms with Gasteiger partial charge < -0.3 is 25.1 Å². The molecule has 1 amide bonds. The molecule has 34 heavy (non-hydrogen) atoms. The Balaban J connectivity index is 1.61. The number of carbonyl (C=O) groups is 1. The summed E-state index contributed by atoms with van der Waals surface area (Å²) in [4.78, 5) is 12.6. The van der Waals surface area contributed by atoms with Crippen LogP contribution in [0.25, 0.3) is 21.9 Å². The number of furan rings is 1. The van der Waals surface area contributed by atoms with Gasteiger partial charge in [-0.05, 0) is 44.9 Å². The summed E-state index contributed by atoms with van der Waals surface area (Å²) < 4.78 is 8.27. The quantitative estimate of drug-likeness (QED) is 0.349. The van der Waals surface area contributed by atoms with Crippen LogP contribution in [0.2, 0.25) is 0 Å². The van der Waals surface area contributed by atoms with E-state index in [-0.39, 0.29) is 17.9 Å². The van der Waals surface area contributed by atoms with Crippen molar-refractivity contribution >= 4 is 33.6 Å². The maximum absolute atomic E-state index is 12.6. The van der Waals surface area contributed by atoms with Crippen LogP contribution in [0.4, 0.5) is 5.82 Å². The first-order chi connectivity index (χ1) is 16.4. The van der Waals surface area contributed by atoms with Gasteiger partial charge in [0.15, 0.2) is 0 Å². The van der Waals surface area contributed by atoms with Gasteiger partial charge in [0.25, 0.3) is 0 Å². The minimum absolute atomic E-state index is 0.167. The highest BCUT2D eigenvalue weighted by Crippen LogP contribution is 2.41. The molecule has 4 aromatic rings. The van der Waals surface area contributed by atoms with Gasteiger partial charge in [0.2, 0.25) is 5.91 Å². The topological polar surface area (TPSA) is 93.4 Å². The number of rotatable bonds is 7. The first-order valence-corrected chi connectivity index (χ1v) is 12.2. The van der Waals surface area contributed by atoms with Crippen LogP contribution in [-0.2, 0) is 23.3 Å². The van der Waals surface area contributed by atoms with Crippen molar-refractivity contribution in [2.24, 2.45) is 11.7 Å². The van der Waals surface area contributed by atoms with E-state index in [2.05, 4.69) is 22.0 Å². The number of nitrogens with one attached hydrogen (secondary N) is 1. The molecule has 6 nitrogen and oxygen atoms in total. The molecule has 178 valence electrons. The van der Waals surface area contributed by atoms with Crippen molar-refractivity contribution in [1.82, 2.24) is 4.57 Å². The maximum Gasteiger partial charge on any atom is 0.227 e. The molecule has 5 rings (SSSR count). The number of primary amides is 1. The summed E-state index contributed by atoms with van der Waals surface area (Å²) in [6, 6.07) is 18.1. The summed E-state index contributed by atoms with van der Waals surface area (Å²) in [5.41, 5.74) is 7.79. The molecule has 1 aliphatic rings. The second-order valence-electron chi connectivity index (χ2n) is 10.1. The van der Waals surface area contributed by atoms with Crippen molar-refractivity contribution in [3.63, 3.8) is 0 Å². The number of benzene rings is 2. The van der Waals surface area contributed by atoms with Gasteiger partial charge in [-0.1, -0.05) is 49.2 Å². The lowest BCUT2D eigenvalue weighted by Gasteiger charge is -2.29. The molecule has 0 saturated heterocycles. The van der Waals surface area contributed by atoms with Crippen LogP contribution in [0.3, 0.4) is 0 Å². The number of amides is 1. The molecule has 2 heterocycles. The van der Waals surface area contributed by atoms with E-state index in [1.807, 2.05) is 56.3 Å². The molecule has 2 atom stereocenters. The molecule has 2 aromatic heterocycles. The van der Waals surface area contributed by atoms with Crippen LogP contribution < -0.4 is 11.1 Å². The SMILES string of the molecule is CC(C)(C(N)=O)c1c(NCc2cc3ccccc3o2)n(CC2CCCCC2O)c2ccccc12. The van der Waals surface area contributed by atoms with Gasteiger partial charge in [0, 0.05) is 34.3 Å². The van der Waals surface area contributed by atoms with Gasteiger partial charge in [-0.15, -0.1) is 0 Å². The van der Waals surface area contributed by atoms with Crippen molar-refractivity contribution in [2.45, 2.75) is 64.1 Å². The molecule has 0 aliphatic heterocycles. The molecular weight excluding hydrogens is 426 g/mol. The van der Waals surface area contributed by atoms with Gasteiger partial charge in [-0.3, -0.25) is 4.79 Å². The highest BCUT2D eigenvalue weighted by atomic mass is 16.3. The fraction of sp³-hybridized carbons (Fsp3) is 0.393. The Morgan fingerprint density at radius 2 is 1.88 bits per heavy atom. The third kappa shape index (κ3) is 3.96. The fourth-order valence-corrected chi connectivity index (χ4v) is 5.36. The van der Waals surface area contributed by atoms with E-state index in [0.29, 0.717) is 13.1 Å². The summed E-state index contributed by atoms with van der Waals surface area (Å²) in [5, 5.41) is 16.4. The first kappa shape index (κ1) is 22.5. The molecule has 0 spiro atoms. The number of aromatic nitrogens is 1. The number of fused-ring (bicyclic) bond motifs is 2. The molecule has 0 radical (unpaired) electrons. The second kappa shape index (κ2) is 8.84. The number of carbonyl (C=O) groups excluding carboxylic acids is 1. The van der Waals surface area contributed by atoms with Crippen LogP contribution in [0.15, 0.2) is 59.0 Å². The van der Waals surface area contributed by atoms with Gasteiger partial charge in [-0.25, -0.2) is 0 Å². The highest BCUT2D eigenvalue weighted by molar-refractivity contribution is 5.98. The minimum Gasteiger partial charge on any atom is -0.459 e. The van der Waals surface area contributed by atoms with Crippen LogP contribution in [0.1, 0.15) is 50.9 Å². The van der Waals surface area contributed by atoms with Crippen molar-refractivity contribution < 1.29 is 14.3 Å². The number of hydrogen-bond acceptors (Lipinski definition) is 4.